The fourth-order valence-electron chi connectivity index (χ4n) is 3.20. The first-order valence-electron chi connectivity index (χ1n) is 8.98. The number of ether oxygens (including phenoxy) is 2. The van der Waals surface area contributed by atoms with Crippen molar-refractivity contribution in [1.29, 1.82) is 0 Å². The monoisotopic (exact) mass is 320 g/mol. The molecular formula is C20H32O3. The van der Waals surface area contributed by atoms with Crippen LogP contribution in [-0.4, -0.2) is 17.3 Å². The Kier molecular flexibility index (Phi) is 5.96. The third-order valence-corrected chi connectivity index (χ3v) is 4.93. The maximum absolute atomic E-state index is 10.6. The van der Waals surface area contributed by atoms with E-state index in [1.807, 2.05) is 13.8 Å². The van der Waals surface area contributed by atoms with E-state index in [-0.39, 0.29) is 5.60 Å². The Bertz CT molecular complexity index is 547. The molecule has 3 heteroatoms. The van der Waals surface area contributed by atoms with E-state index in [4.69, 9.17) is 9.47 Å². The summed E-state index contributed by atoms with van der Waals surface area (Å²) in [6.07, 6.45) is 6.70. The number of hydrogen-bond donors (Lipinski definition) is 1. The number of hydrogen-bond acceptors (Lipinski definition) is 3. The van der Waals surface area contributed by atoms with Crippen LogP contribution >= 0.6 is 0 Å². The Morgan fingerprint density at radius 3 is 2.57 bits per heavy atom. The third-order valence-electron chi connectivity index (χ3n) is 4.93. The molecule has 0 spiro atoms. The summed E-state index contributed by atoms with van der Waals surface area (Å²) in [5, 5.41) is 10.6. The molecule has 0 atom stereocenters. The van der Waals surface area contributed by atoms with Gasteiger partial charge in [-0.3, -0.25) is 0 Å². The zero-order valence-corrected chi connectivity index (χ0v) is 15.4. The summed E-state index contributed by atoms with van der Waals surface area (Å²) < 4.78 is 12.1. The molecule has 1 aliphatic heterocycles. The maximum atomic E-state index is 10.6. The second-order valence-electron chi connectivity index (χ2n) is 7.36. The van der Waals surface area contributed by atoms with Crippen LogP contribution < -0.4 is 4.74 Å². The minimum Gasteiger partial charge on any atom is -0.507 e. The number of benzene rings is 1. The summed E-state index contributed by atoms with van der Waals surface area (Å²) in [6, 6.07) is 0. The van der Waals surface area contributed by atoms with Crippen LogP contribution in [-0.2, 0) is 17.8 Å². The van der Waals surface area contributed by atoms with E-state index in [2.05, 4.69) is 20.8 Å². The van der Waals surface area contributed by atoms with E-state index < -0.39 is 0 Å². The second kappa shape index (κ2) is 7.57. The summed E-state index contributed by atoms with van der Waals surface area (Å²) in [6.45, 7) is 11.7. The number of aromatic hydroxyl groups is 1. The zero-order valence-electron chi connectivity index (χ0n) is 15.4. The highest BCUT2D eigenvalue weighted by molar-refractivity contribution is 5.58. The lowest BCUT2D eigenvalue weighted by molar-refractivity contribution is 0.0794. The lowest BCUT2D eigenvalue weighted by Crippen LogP contribution is -2.33. The van der Waals surface area contributed by atoms with E-state index in [9.17, 15) is 5.11 Å². The van der Waals surface area contributed by atoms with Crippen molar-refractivity contribution in [3.8, 4) is 11.5 Å². The van der Waals surface area contributed by atoms with Crippen molar-refractivity contribution < 1.29 is 14.6 Å². The molecule has 130 valence electrons. The van der Waals surface area contributed by atoms with Crippen LogP contribution in [0.4, 0.5) is 0 Å². The molecular weight excluding hydrogens is 288 g/mol. The average molecular weight is 320 g/mol. The summed E-state index contributed by atoms with van der Waals surface area (Å²) in [5.74, 6) is 1.35. The molecule has 0 aliphatic carbocycles. The van der Waals surface area contributed by atoms with Crippen molar-refractivity contribution in [3.05, 3.63) is 22.3 Å². The van der Waals surface area contributed by atoms with Crippen molar-refractivity contribution in [2.24, 2.45) is 0 Å². The molecule has 0 amide bonds. The summed E-state index contributed by atoms with van der Waals surface area (Å²) in [7, 11) is 0. The van der Waals surface area contributed by atoms with E-state index in [1.54, 1.807) is 0 Å². The van der Waals surface area contributed by atoms with Gasteiger partial charge in [0, 0.05) is 17.7 Å². The van der Waals surface area contributed by atoms with Gasteiger partial charge < -0.3 is 14.6 Å². The molecule has 0 saturated carbocycles. The van der Waals surface area contributed by atoms with Gasteiger partial charge in [-0.05, 0) is 58.1 Å². The lowest BCUT2D eigenvalue weighted by Gasteiger charge is -2.35. The molecule has 0 fully saturated rings. The largest absolute Gasteiger partial charge is 0.507 e. The van der Waals surface area contributed by atoms with Crippen molar-refractivity contribution in [1.82, 2.24) is 0 Å². The molecule has 1 heterocycles. The molecule has 23 heavy (non-hydrogen) atoms. The van der Waals surface area contributed by atoms with Gasteiger partial charge in [-0.2, -0.15) is 0 Å². The molecule has 0 radical (unpaired) electrons. The van der Waals surface area contributed by atoms with Gasteiger partial charge in [-0.15, -0.1) is 0 Å². The number of fused-ring (bicyclic) bond motifs is 1. The maximum Gasteiger partial charge on any atom is 0.127 e. The predicted octanol–water partition coefficient (Wildman–Crippen LogP) is 5.21. The zero-order chi connectivity index (χ0) is 17.0. The number of rotatable bonds is 7. The molecule has 1 N–H and O–H groups in total. The molecule has 1 aromatic rings. The highest BCUT2D eigenvalue weighted by Gasteiger charge is 2.31. The third kappa shape index (κ3) is 4.20. The van der Waals surface area contributed by atoms with E-state index >= 15 is 0 Å². The van der Waals surface area contributed by atoms with Crippen LogP contribution in [0.1, 0.15) is 75.1 Å². The Hall–Kier alpha value is -1.22. The number of phenolic OH excluding ortho intramolecular Hbond substituents is 1. The van der Waals surface area contributed by atoms with Crippen LogP contribution in [0.5, 0.6) is 11.5 Å². The highest BCUT2D eigenvalue weighted by atomic mass is 16.5. The van der Waals surface area contributed by atoms with Gasteiger partial charge in [0.2, 0.25) is 0 Å². The normalized spacial score (nSPS) is 16.0. The lowest BCUT2D eigenvalue weighted by atomic mass is 9.87. The first-order chi connectivity index (χ1) is 10.9. The van der Waals surface area contributed by atoms with Gasteiger partial charge >= 0.3 is 0 Å². The van der Waals surface area contributed by atoms with Gasteiger partial charge in [0.25, 0.3) is 0 Å². The van der Waals surface area contributed by atoms with Gasteiger partial charge in [0.05, 0.1) is 6.61 Å². The first-order valence-corrected chi connectivity index (χ1v) is 8.98. The van der Waals surface area contributed by atoms with Crippen LogP contribution in [0.25, 0.3) is 0 Å². The number of phenols is 1. The Balaban J connectivity index is 2.15. The number of unbranched alkanes of at least 4 members (excludes halogenated alkanes) is 3. The molecule has 1 aliphatic rings. The van der Waals surface area contributed by atoms with Gasteiger partial charge in [-0.25, -0.2) is 0 Å². The summed E-state index contributed by atoms with van der Waals surface area (Å²) in [4.78, 5) is 0. The Morgan fingerprint density at radius 2 is 1.87 bits per heavy atom. The van der Waals surface area contributed by atoms with Gasteiger partial charge in [0.1, 0.15) is 17.1 Å². The highest BCUT2D eigenvalue weighted by Crippen LogP contribution is 2.43. The van der Waals surface area contributed by atoms with Gasteiger partial charge in [0.15, 0.2) is 0 Å². The fourth-order valence-corrected chi connectivity index (χ4v) is 3.20. The van der Waals surface area contributed by atoms with E-state index in [1.165, 1.54) is 19.3 Å². The summed E-state index contributed by atoms with van der Waals surface area (Å²) in [5.41, 5.74) is 3.88. The van der Waals surface area contributed by atoms with Crippen LogP contribution in [0.3, 0.4) is 0 Å². The summed E-state index contributed by atoms with van der Waals surface area (Å²) >= 11 is 0. The van der Waals surface area contributed by atoms with Crippen molar-refractivity contribution in [2.45, 2.75) is 85.4 Å². The smallest absolute Gasteiger partial charge is 0.127 e. The molecule has 2 rings (SSSR count). The second-order valence-corrected chi connectivity index (χ2v) is 7.36. The topological polar surface area (TPSA) is 38.7 Å². The molecule has 0 bridgehead atoms. The van der Waals surface area contributed by atoms with E-state index in [0.717, 1.165) is 53.9 Å². The SMILES string of the molecule is CCCCCCOCc1c(O)c(C)c(C)c2c1CCC(C)(C)O2. The van der Waals surface area contributed by atoms with Crippen LogP contribution in [0.2, 0.25) is 0 Å². The molecule has 3 nitrogen and oxygen atoms in total. The average Bonchev–Trinajstić information content (AvgIpc) is 2.51. The van der Waals surface area contributed by atoms with Crippen LogP contribution in [0, 0.1) is 13.8 Å². The van der Waals surface area contributed by atoms with Crippen LogP contribution in [0.15, 0.2) is 0 Å². The molecule has 0 saturated heterocycles. The van der Waals surface area contributed by atoms with Crippen molar-refractivity contribution >= 4 is 0 Å². The van der Waals surface area contributed by atoms with Gasteiger partial charge in [-0.1, -0.05) is 26.2 Å². The minimum absolute atomic E-state index is 0.139. The standard InChI is InChI=1S/C20H32O3/c1-6-7-8-9-12-22-13-17-16-10-11-20(4,5)23-19(16)15(3)14(2)18(17)21/h21H,6-13H2,1-5H3. The molecule has 0 aromatic heterocycles. The fraction of sp³-hybridized carbons (Fsp3) is 0.700. The minimum atomic E-state index is -0.139. The predicted molar refractivity (Wildman–Crippen MR) is 94.4 cm³/mol. The Labute approximate surface area is 141 Å². The Morgan fingerprint density at radius 1 is 1.13 bits per heavy atom. The van der Waals surface area contributed by atoms with Crippen molar-refractivity contribution in [2.75, 3.05) is 6.61 Å². The van der Waals surface area contributed by atoms with Crippen molar-refractivity contribution in [3.63, 3.8) is 0 Å². The molecule has 0 unspecified atom stereocenters. The van der Waals surface area contributed by atoms with E-state index in [0.29, 0.717) is 12.4 Å². The quantitative estimate of drug-likeness (QED) is 0.701. The molecule has 1 aromatic carbocycles. The first kappa shape index (κ1) is 18.1.